The van der Waals surface area contributed by atoms with E-state index in [9.17, 15) is 4.79 Å². The lowest BCUT2D eigenvalue weighted by Gasteiger charge is -2.25. The van der Waals surface area contributed by atoms with Gasteiger partial charge in [-0.05, 0) is 11.6 Å². The first-order valence-electron chi connectivity index (χ1n) is 6.10. The zero-order valence-corrected chi connectivity index (χ0v) is 11.4. The van der Waals surface area contributed by atoms with Crippen LogP contribution in [0.25, 0.3) is 0 Å². The molecule has 6 heteroatoms. The molecule has 2 N–H and O–H groups in total. The van der Waals surface area contributed by atoms with Crippen LogP contribution in [-0.2, 0) is 20.8 Å². The Kier molecular flexibility index (Phi) is 7.02. The quantitative estimate of drug-likeness (QED) is 0.719. The van der Waals surface area contributed by atoms with Gasteiger partial charge in [0.2, 0.25) is 5.91 Å². The van der Waals surface area contributed by atoms with Crippen LogP contribution in [0.15, 0.2) is 24.5 Å². The fourth-order valence-corrected chi connectivity index (χ4v) is 1.67. The van der Waals surface area contributed by atoms with E-state index in [4.69, 9.17) is 15.2 Å². The molecule has 106 valence electrons. The molecule has 6 nitrogen and oxygen atoms in total. The number of pyridine rings is 1. The van der Waals surface area contributed by atoms with Crippen LogP contribution in [0.5, 0.6) is 0 Å². The van der Waals surface area contributed by atoms with Crippen molar-refractivity contribution < 1.29 is 14.3 Å². The number of aromatic nitrogens is 1. The molecule has 0 aliphatic carbocycles. The van der Waals surface area contributed by atoms with Gasteiger partial charge >= 0.3 is 0 Å². The molecule has 0 bridgehead atoms. The molecule has 1 unspecified atom stereocenters. The minimum absolute atomic E-state index is 0.150. The van der Waals surface area contributed by atoms with Gasteiger partial charge in [-0.3, -0.25) is 9.78 Å². The summed E-state index contributed by atoms with van der Waals surface area (Å²) in [6.07, 6.45) is 3.43. The van der Waals surface area contributed by atoms with Gasteiger partial charge in [0, 0.05) is 39.7 Å². The molecule has 0 aromatic carbocycles. The van der Waals surface area contributed by atoms with Crippen molar-refractivity contribution in [3.63, 3.8) is 0 Å². The van der Waals surface area contributed by atoms with Crippen molar-refractivity contribution in [2.45, 2.75) is 12.6 Å². The molecule has 1 aromatic rings. The summed E-state index contributed by atoms with van der Waals surface area (Å²) in [4.78, 5) is 17.9. The first-order valence-corrected chi connectivity index (χ1v) is 6.10. The lowest BCUT2D eigenvalue weighted by Crippen LogP contribution is -2.46. The summed E-state index contributed by atoms with van der Waals surface area (Å²) in [6.45, 7) is 1.62. The molecule has 1 heterocycles. The Morgan fingerprint density at radius 2 is 2.26 bits per heavy atom. The van der Waals surface area contributed by atoms with Gasteiger partial charge in [0.25, 0.3) is 0 Å². The van der Waals surface area contributed by atoms with Crippen LogP contribution in [0.2, 0.25) is 0 Å². The smallest absolute Gasteiger partial charge is 0.242 e. The van der Waals surface area contributed by atoms with Gasteiger partial charge in [-0.2, -0.15) is 0 Å². The van der Waals surface area contributed by atoms with Crippen LogP contribution in [0.4, 0.5) is 0 Å². The third-order valence-electron chi connectivity index (χ3n) is 2.64. The van der Waals surface area contributed by atoms with Crippen molar-refractivity contribution in [2.75, 3.05) is 34.0 Å². The molecule has 0 saturated heterocycles. The second-order valence-corrected chi connectivity index (χ2v) is 4.18. The Morgan fingerprint density at radius 3 is 2.84 bits per heavy atom. The molecule has 0 aliphatic rings. The fourth-order valence-electron chi connectivity index (χ4n) is 1.67. The third-order valence-corrected chi connectivity index (χ3v) is 2.64. The summed E-state index contributed by atoms with van der Waals surface area (Å²) in [6, 6.07) is 3.10. The number of nitrogens with two attached hydrogens (primary N) is 1. The number of ether oxygens (including phenoxy) is 2. The predicted molar refractivity (Wildman–Crippen MR) is 71.4 cm³/mol. The highest BCUT2D eigenvalue weighted by molar-refractivity contribution is 5.81. The van der Waals surface area contributed by atoms with Crippen LogP contribution >= 0.6 is 0 Å². The topological polar surface area (TPSA) is 77.7 Å². The number of hydrogen-bond donors (Lipinski definition) is 1. The van der Waals surface area contributed by atoms with E-state index in [-0.39, 0.29) is 12.5 Å². The molecule has 1 amide bonds. The Morgan fingerprint density at radius 1 is 1.47 bits per heavy atom. The minimum atomic E-state index is -0.654. The average molecular weight is 267 g/mol. The number of rotatable bonds is 8. The van der Waals surface area contributed by atoms with E-state index in [1.54, 1.807) is 24.4 Å². The maximum Gasteiger partial charge on any atom is 0.242 e. The zero-order valence-electron chi connectivity index (χ0n) is 11.4. The summed E-state index contributed by atoms with van der Waals surface area (Å²) in [5.74, 6) is -0.150. The van der Waals surface area contributed by atoms with Gasteiger partial charge in [-0.1, -0.05) is 6.07 Å². The number of hydrogen-bond acceptors (Lipinski definition) is 5. The van der Waals surface area contributed by atoms with Crippen LogP contribution in [0.1, 0.15) is 5.56 Å². The van der Waals surface area contributed by atoms with E-state index >= 15 is 0 Å². The molecule has 1 rings (SSSR count). The summed E-state index contributed by atoms with van der Waals surface area (Å²) in [5, 5.41) is 0. The van der Waals surface area contributed by atoms with Gasteiger partial charge in [-0.25, -0.2) is 0 Å². The van der Waals surface area contributed by atoms with Crippen molar-refractivity contribution in [1.29, 1.82) is 0 Å². The summed E-state index contributed by atoms with van der Waals surface area (Å²) < 4.78 is 9.93. The predicted octanol–water partition coefficient (Wildman–Crippen LogP) is 0.0303. The maximum atomic E-state index is 12.2. The van der Waals surface area contributed by atoms with Gasteiger partial charge in [0.05, 0.1) is 13.2 Å². The Hall–Kier alpha value is -1.50. The first kappa shape index (κ1) is 15.6. The second-order valence-electron chi connectivity index (χ2n) is 4.18. The molecule has 1 aromatic heterocycles. The summed E-state index contributed by atoms with van der Waals surface area (Å²) in [7, 11) is 3.12. The van der Waals surface area contributed by atoms with Crippen molar-refractivity contribution in [1.82, 2.24) is 9.88 Å². The van der Waals surface area contributed by atoms with E-state index in [1.807, 2.05) is 12.1 Å². The Bertz CT molecular complexity index is 373. The fraction of sp³-hybridized carbons (Fsp3) is 0.538. The highest BCUT2D eigenvalue weighted by Gasteiger charge is 2.20. The molecule has 1 atom stereocenters. The summed E-state index contributed by atoms with van der Waals surface area (Å²) >= 11 is 0. The van der Waals surface area contributed by atoms with Crippen LogP contribution < -0.4 is 5.73 Å². The van der Waals surface area contributed by atoms with Gasteiger partial charge in [-0.15, -0.1) is 0 Å². The number of nitrogens with zero attached hydrogens (tertiary/aromatic N) is 2. The average Bonchev–Trinajstić information content (AvgIpc) is 2.44. The zero-order chi connectivity index (χ0) is 14.1. The van der Waals surface area contributed by atoms with E-state index in [0.29, 0.717) is 19.7 Å². The van der Waals surface area contributed by atoms with E-state index < -0.39 is 6.04 Å². The van der Waals surface area contributed by atoms with Gasteiger partial charge in [0.15, 0.2) is 0 Å². The van der Waals surface area contributed by atoms with Crippen LogP contribution in [0, 0.1) is 0 Å². The molecule has 0 aliphatic heterocycles. The monoisotopic (exact) mass is 267 g/mol. The van der Waals surface area contributed by atoms with Crippen molar-refractivity contribution in [2.24, 2.45) is 5.73 Å². The molecule has 0 spiro atoms. The SMILES string of the molecule is COCCN(Cc1cccnc1)C(=O)C(N)COC. The standard InChI is InChI=1S/C13H21N3O3/c1-18-7-6-16(13(17)12(14)10-19-2)9-11-4-3-5-15-8-11/h3-5,8,12H,6-7,9-10,14H2,1-2H3. The highest BCUT2D eigenvalue weighted by atomic mass is 16.5. The second kappa shape index (κ2) is 8.58. The molecule has 0 radical (unpaired) electrons. The highest BCUT2D eigenvalue weighted by Crippen LogP contribution is 2.05. The molecule has 0 saturated carbocycles. The molecular formula is C13H21N3O3. The van der Waals surface area contributed by atoms with E-state index in [0.717, 1.165) is 5.56 Å². The van der Waals surface area contributed by atoms with E-state index in [2.05, 4.69) is 4.98 Å². The Balaban J connectivity index is 2.68. The van der Waals surface area contributed by atoms with Gasteiger partial charge < -0.3 is 20.1 Å². The minimum Gasteiger partial charge on any atom is -0.383 e. The number of carbonyl (C=O) groups excluding carboxylic acids is 1. The largest absolute Gasteiger partial charge is 0.383 e. The lowest BCUT2D eigenvalue weighted by atomic mass is 10.2. The van der Waals surface area contributed by atoms with Gasteiger partial charge in [0.1, 0.15) is 6.04 Å². The first-order chi connectivity index (χ1) is 9.19. The van der Waals surface area contributed by atoms with Crippen LogP contribution in [-0.4, -0.2) is 55.8 Å². The van der Waals surface area contributed by atoms with Crippen LogP contribution in [0.3, 0.4) is 0 Å². The number of carbonyl (C=O) groups is 1. The molecular weight excluding hydrogens is 246 g/mol. The summed E-state index contributed by atoms with van der Waals surface area (Å²) in [5.41, 5.74) is 6.74. The van der Waals surface area contributed by atoms with Crippen molar-refractivity contribution in [3.8, 4) is 0 Å². The normalized spacial score (nSPS) is 12.2. The van der Waals surface area contributed by atoms with E-state index in [1.165, 1.54) is 7.11 Å². The number of methoxy groups -OCH3 is 2. The van der Waals surface area contributed by atoms with Crippen molar-refractivity contribution in [3.05, 3.63) is 30.1 Å². The molecule has 19 heavy (non-hydrogen) atoms. The lowest BCUT2D eigenvalue weighted by molar-refractivity contribution is -0.135. The molecule has 0 fully saturated rings. The number of amides is 1. The third kappa shape index (κ3) is 5.34. The Labute approximate surface area is 113 Å². The maximum absolute atomic E-state index is 12.2. The van der Waals surface area contributed by atoms with Crippen molar-refractivity contribution >= 4 is 5.91 Å².